The fraction of sp³-hybridized carbons (Fsp3) is 0.818. The van der Waals surface area contributed by atoms with Crippen LogP contribution in [-0.2, 0) is 19.9 Å². The van der Waals surface area contributed by atoms with Crippen molar-refractivity contribution in [2.45, 2.75) is 30.4 Å². The zero-order valence-electron chi connectivity index (χ0n) is 12.1. The molecule has 0 saturated carbocycles. The minimum atomic E-state index is -3.52. The Kier molecular flexibility index (Phi) is 5.46. The number of piperidine rings is 1. The predicted octanol–water partition coefficient (Wildman–Crippen LogP) is 0.611. The molecule has 1 aromatic rings. The lowest BCUT2D eigenvalue weighted by Crippen LogP contribution is -2.39. The molecule has 0 N–H and O–H groups in total. The van der Waals surface area contributed by atoms with Crippen molar-refractivity contribution in [3.05, 3.63) is 5.89 Å². The summed E-state index contributed by atoms with van der Waals surface area (Å²) in [6.07, 6.45) is 2.46. The van der Waals surface area contributed by atoms with Crippen LogP contribution < -0.4 is 0 Å². The Morgan fingerprint density at radius 2 is 1.86 bits per heavy atom. The van der Waals surface area contributed by atoms with Gasteiger partial charge in [-0.3, -0.25) is 0 Å². The molecule has 0 bridgehead atoms. The molecule has 126 valence electrons. The maximum absolute atomic E-state index is 12.1. The molecule has 11 heteroatoms. The number of rotatable bonds is 6. The molecular weight excluding hydrogens is 354 g/mol. The third-order valence-electron chi connectivity index (χ3n) is 3.47. The molecule has 1 aromatic heterocycles. The molecule has 2 heterocycles. The second kappa shape index (κ2) is 6.81. The summed E-state index contributed by atoms with van der Waals surface area (Å²) in [7, 11) is -6.81. The van der Waals surface area contributed by atoms with Gasteiger partial charge in [-0.1, -0.05) is 5.10 Å². The highest BCUT2D eigenvalue weighted by Gasteiger charge is 2.31. The highest BCUT2D eigenvalue weighted by atomic mass is 35.5. The van der Waals surface area contributed by atoms with Gasteiger partial charge in [-0.2, -0.15) is 0 Å². The third kappa shape index (κ3) is 4.18. The molecule has 0 atom stereocenters. The van der Waals surface area contributed by atoms with E-state index in [0.717, 1.165) is 6.26 Å². The quantitative estimate of drug-likeness (QED) is 0.673. The van der Waals surface area contributed by atoms with Gasteiger partial charge in [0.25, 0.3) is 0 Å². The monoisotopic (exact) mass is 371 g/mol. The van der Waals surface area contributed by atoms with Gasteiger partial charge in [0.1, 0.15) is 0 Å². The van der Waals surface area contributed by atoms with Gasteiger partial charge in [0.15, 0.2) is 0 Å². The Labute approximate surface area is 134 Å². The van der Waals surface area contributed by atoms with E-state index in [9.17, 15) is 16.8 Å². The first-order chi connectivity index (χ1) is 10.2. The number of halogens is 1. The van der Waals surface area contributed by atoms with Crippen LogP contribution in [0.2, 0.25) is 0 Å². The maximum atomic E-state index is 12.1. The van der Waals surface area contributed by atoms with Crippen LogP contribution in [0.15, 0.2) is 9.64 Å². The molecule has 1 aliphatic rings. The number of aromatic nitrogens is 2. The van der Waals surface area contributed by atoms with E-state index in [1.165, 1.54) is 4.31 Å². The summed E-state index contributed by atoms with van der Waals surface area (Å²) in [6.45, 7) is 0.706. The SMILES string of the molecule is CS(=O)(=O)c1nnc(C2CCN(S(=O)(=O)CCCCl)CC2)o1. The van der Waals surface area contributed by atoms with Crippen LogP contribution in [-0.4, -0.2) is 62.3 Å². The van der Waals surface area contributed by atoms with Crippen molar-refractivity contribution in [1.82, 2.24) is 14.5 Å². The first-order valence-electron chi connectivity index (χ1n) is 6.81. The Hall–Kier alpha value is -0.710. The zero-order chi connectivity index (χ0) is 16.4. The van der Waals surface area contributed by atoms with Crippen LogP contribution in [0, 0.1) is 0 Å². The molecule has 2 rings (SSSR count). The smallest absolute Gasteiger partial charge is 0.335 e. The van der Waals surface area contributed by atoms with Gasteiger partial charge < -0.3 is 4.42 Å². The molecule has 8 nitrogen and oxygen atoms in total. The molecule has 0 spiro atoms. The first-order valence-corrected chi connectivity index (χ1v) is 10.8. The van der Waals surface area contributed by atoms with Gasteiger partial charge >= 0.3 is 5.22 Å². The summed E-state index contributed by atoms with van der Waals surface area (Å²) in [6, 6.07) is 0. The van der Waals surface area contributed by atoms with Crippen LogP contribution in [0.4, 0.5) is 0 Å². The summed E-state index contributed by atoms with van der Waals surface area (Å²) in [5, 5.41) is 6.88. The van der Waals surface area contributed by atoms with Crippen LogP contribution in [0.25, 0.3) is 0 Å². The van der Waals surface area contributed by atoms with E-state index < -0.39 is 25.1 Å². The lowest BCUT2D eigenvalue weighted by molar-refractivity contribution is 0.278. The number of sulfone groups is 1. The van der Waals surface area contributed by atoms with Crippen molar-refractivity contribution < 1.29 is 21.3 Å². The number of alkyl halides is 1. The highest BCUT2D eigenvalue weighted by Crippen LogP contribution is 2.29. The van der Waals surface area contributed by atoms with E-state index >= 15 is 0 Å². The number of hydrogen-bond acceptors (Lipinski definition) is 7. The Morgan fingerprint density at radius 1 is 1.23 bits per heavy atom. The second-order valence-corrected chi connectivity index (χ2v) is 9.57. The summed E-state index contributed by atoms with van der Waals surface area (Å²) >= 11 is 5.53. The van der Waals surface area contributed by atoms with E-state index in [1.54, 1.807) is 0 Å². The zero-order valence-corrected chi connectivity index (χ0v) is 14.5. The number of nitrogens with zero attached hydrogens (tertiary/aromatic N) is 3. The molecule has 0 amide bonds. The lowest BCUT2D eigenvalue weighted by atomic mass is 9.98. The average molecular weight is 372 g/mol. The van der Waals surface area contributed by atoms with Gasteiger partial charge in [-0.15, -0.1) is 16.7 Å². The van der Waals surface area contributed by atoms with Crippen molar-refractivity contribution >= 4 is 31.5 Å². The Bertz CT molecular complexity index is 708. The van der Waals surface area contributed by atoms with Gasteiger partial charge in [0, 0.05) is 31.1 Å². The maximum Gasteiger partial charge on any atom is 0.335 e. The van der Waals surface area contributed by atoms with E-state index in [-0.39, 0.29) is 17.6 Å². The largest absolute Gasteiger partial charge is 0.412 e. The van der Waals surface area contributed by atoms with Gasteiger partial charge in [0.05, 0.1) is 5.75 Å². The van der Waals surface area contributed by atoms with E-state index in [4.69, 9.17) is 16.0 Å². The van der Waals surface area contributed by atoms with Crippen LogP contribution in [0.3, 0.4) is 0 Å². The molecule has 0 aliphatic carbocycles. The highest BCUT2D eigenvalue weighted by molar-refractivity contribution is 7.90. The van der Waals surface area contributed by atoms with Crippen molar-refractivity contribution in [3.63, 3.8) is 0 Å². The summed E-state index contributed by atoms with van der Waals surface area (Å²) in [5.74, 6) is 0.479. The topological polar surface area (TPSA) is 110 Å². The van der Waals surface area contributed by atoms with Crippen molar-refractivity contribution in [3.8, 4) is 0 Å². The molecule has 0 radical (unpaired) electrons. The lowest BCUT2D eigenvalue weighted by Gasteiger charge is -2.29. The number of sulfonamides is 1. The van der Waals surface area contributed by atoms with Crippen LogP contribution in [0.5, 0.6) is 0 Å². The van der Waals surface area contributed by atoms with Crippen molar-refractivity contribution in [1.29, 1.82) is 0 Å². The summed E-state index contributed by atoms with van der Waals surface area (Å²) in [5.41, 5.74) is 0. The van der Waals surface area contributed by atoms with E-state index in [1.807, 2.05) is 0 Å². The van der Waals surface area contributed by atoms with Crippen LogP contribution >= 0.6 is 11.6 Å². The van der Waals surface area contributed by atoms with E-state index in [0.29, 0.717) is 38.2 Å². The van der Waals surface area contributed by atoms with Crippen LogP contribution in [0.1, 0.15) is 31.1 Å². The first kappa shape index (κ1) is 17.6. The summed E-state index contributed by atoms with van der Waals surface area (Å²) in [4.78, 5) is 0. The normalized spacial score (nSPS) is 18.6. The van der Waals surface area contributed by atoms with E-state index in [2.05, 4.69) is 10.2 Å². The van der Waals surface area contributed by atoms with Crippen molar-refractivity contribution in [2.75, 3.05) is 31.0 Å². The standard InChI is InChI=1S/C11H18ClN3O5S2/c1-21(16,17)11-14-13-10(20-11)9-3-6-15(7-4-9)22(18,19)8-2-5-12/h9H,2-8H2,1H3. The van der Waals surface area contributed by atoms with Gasteiger partial charge in [-0.25, -0.2) is 21.1 Å². The fourth-order valence-electron chi connectivity index (χ4n) is 2.28. The second-order valence-electron chi connectivity index (χ2n) is 5.21. The Morgan fingerprint density at radius 3 is 2.36 bits per heavy atom. The van der Waals surface area contributed by atoms with Gasteiger partial charge in [-0.05, 0) is 19.3 Å². The van der Waals surface area contributed by atoms with Gasteiger partial charge in [0.2, 0.25) is 25.8 Å². The molecule has 22 heavy (non-hydrogen) atoms. The molecular formula is C11H18ClN3O5S2. The molecule has 0 unspecified atom stereocenters. The Balaban J connectivity index is 1.99. The minimum Gasteiger partial charge on any atom is -0.412 e. The number of hydrogen-bond donors (Lipinski definition) is 0. The molecule has 1 fully saturated rings. The summed E-state index contributed by atoms with van der Waals surface area (Å²) < 4.78 is 53.4. The fourth-order valence-corrected chi connectivity index (χ4v) is 4.53. The molecule has 0 aromatic carbocycles. The predicted molar refractivity (Wildman–Crippen MR) is 80.1 cm³/mol. The minimum absolute atomic E-state index is 0.0416. The third-order valence-corrected chi connectivity index (χ3v) is 6.49. The molecule has 1 aliphatic heterocycles. The van der Waals surface area contributed by atoms with Crippen molar-refractivity contribution in [2.24, 2.45) is 0 Å². The molecule has 1 saturated heterocycles. The average Bonchev–Trinajstić information content (AvgIpc) is 2.95.